The molecule has 1 aliphatic rings. The van der Waals surface area contributed by atoms with Crippen LogP contribution in [-0.2, 0) is 41.1 Å². The number of carbonyl (C=O) groups excluding carboxylic acids is 1. The van der Waals surface area contributed by atoms with Gasteiger partial charge in [-0.2, -0.15) is 21.8 Å². The Hall–Kier alpha value is -2.06. The molecule has 3 unspecified atom stereocenters. The zero-order valence-corrected chi connectivity index (χ0v) is 29.1. The van der Waals surface area contributed by atoms with Gasteiger partial charge in [0.15, 0.2) is 5.82 Å². The van der Waals surface area contributed by atoms with E-state index in [2.05, 4.69) is 35.4 Å². The Bertz CT molecular complexity index is 1700. The highest BCUT2D eigenvalue weighted by molar-refractivity contribution is 8.76. The van der Waals surface area contributed by atoms with Crippen LogP contribution in [0.4, 0.5) is 19.0 Å². The molecule has 1 aliphatic heterocycles. The number of halogens is 3. The lowest BCUT2D eigenvalue weighted by molar-refractivity contribution is -0.173. The molecule has 3 heterocycles. The van der Waals surface area contributed by atoms with Crippen molar-refractivity contribution in [1.29, 1.82) is 0 Å². The van der Waals surface area contributed by atoms with Gasteiger partial charge in [0, 0.05) is 26.7 Å². The lowest BCUT2D eigenvalue weighted by Gasteiger charge is -2.21. The van der Waals surface area contributed by atoms with E-state index in [1.165, 1.54) is 45.0 Å². The van der Waals surface area contributed by atoms with Crippen LogP contribution in [0.5, 0.6) is 0 Å². The maximum absolute atomic E-state index is 12.6. The summed E-state index contributed by atoms with van der Waals surface area (Å²) in [6, 6.07) is 0. The molecular formula is C21H28F3N6O13P3S2. The summed E-state index contributed by atoms with van der Waals surface area (Å²) in [5, 5.41) is 1.91. The molecule has 48 heavy (non-hydrogen) atoms. The summed E-state index contributed by atoms with van der Waals surface area (Å²) in [5.41, 5.74) is 0.392. The van der Waals surface area contributed by atoms with Crippen LogP contribution in [0, 0.1) is 11.8 Å². The Balaban J connectivity index is 1.93. The van der Waals surface area contributed by atoms with Gasteiger partial charge in [0.2, 0.25) is 0 Å². The number of nitrogens with zero attached hydrogens (tertiary/aromatic N) is 5. The minimum absolute atomic E-state index is 0.0535. The minimum atomic E-state index is -5.77. The SMILES string of the molecule is CSSCOC1C[C@H](n2cc(C#CCNC(=O)C(F)(F)F)c3c(N=CN(C)C)ncnc32)O[C@@H]1COP(=O)(O)OP(=O)(O)OP(=O)(O)O. The molecule has 1 saturated heterocycles. The number of fused-ring (bicyclic) bond motifs is 1. The standard InChI is InChI=1S/C21H28F3N6O13P3S2/c1-29(2)11-28-18-17-13(5-4-6-25-20(31)21(22,23)24)8-30(19(17)27-10-26-18)16-7-14(39-12-48-47-3)15(41-16)9-40-45(35,36)43-46(37,38)42-44(32,33)34/h8,10-11,14-16H,6-7,9,12H2,1-3H3,(H,25,31)(H,35,36)(H,37,38)(H2,32,33,34)/t14?,15-,16-/m1/s1. The van der Waals surface area contributed by atoms with Gasteiger partial charge >= 0.3 is 35.6 Å². The predicted molar refractivity (Wildman–Crippen MR) is 164 cm³/mol. The normalized spacial score (nSPS) is 21.1. The van der Waals surface area contributed by atoms with E-state index in [-0.39, 0.29) is 34.8 Å². The molecule has 27 heteroatoms. The second-order valence-corrected chi connectivity index (χ2v) is 16.3. The topological polar surface area (TPSA) is 254 Å². The molecule has 3 rings (SSSR count). The molecule has 2 aromatic rings. The van der Waals surface area contributed by atoms with Gasteiger partial charge in [-0.25, -0.2) is 28.7 Å². The molecular weight excluding hydrogens is 758 g/mol. The zero-order chi connectivity index (χ0) is 35.9. The van der Waals surface area contributed by atoms with Crippen LogP contribution in [0.25, 0.3) is 11.0 Å². The first-order valence-electron chi connectivity index (χ1n) is 12.8. The fourth-order valence-corrected chi connectivity index (χ4v) is 7.66. The third-order valence-corrected chi connectivity index (χ3v) is 10.8. The van der Waals surface area contributed by atoms with Crippen molar-refractivity contribution in [3.8, 4) is 11.8 Å². The van der Waals surface area contributed by atoms with Gasteiger partial charge in [-0.15, -0.1) is 0 Å². The van der Waals surface area contributed by atoms with Gasteiger partial charge in [0.05, 0.1) is 36.5 Å². The molecule has 5 atom stereocenters. The summed E-state index contributed by atoms with van der Waals surface area (Å²) >= 11 is 0. The molecule has 5 N–H and O–H groups in total. The molecule has 268 valence electrons. The van der Waals surface area contributed by atoms with Crippen LogP contribution in [0.1, 0.15) is 18.2 Å². The predicted octanol–water partition coefficient (Wildman–Crippen LogP) is 2.67. The molecule has 0 spiro atoms. The number of hydrogen-bond acceptors (Lipinski definition) is 14. The van der Waals surface area contributed by atoms with Crippen LogP contribution in [0.2, 0.25) is 0 Å². The molecule has 19 nitrogen and oxygen atoms in total. The van der Waals surface area contributed by atoms with E-state index >= 15 is 0 Å². The van der Waals surface area contributed by atoms with Gasteiger partial charge in [-0.1, -0.05) is 33.4 Å². The van der Waals surface area contributed by atoms with Crippen molar-refractivity contribution in [3.05, 3.63) is 18.1 Å². The molecule has 0 radical (unpaired) electrons. The van der Waals surface area contributed by atoms with Crippen molar-refractivity contribution in [2.75, 3.05) is 39.4 Å². The molecule has 0 saturated carbocycles. The fourth-order valence-electron chi connectivity index (χ4n) is 3.85. The van der Waals surface area contributed by atoms with Crippen molar-refractivity contribution in [3.63, 3.8) is 0 Å². The molecule has 1 amide bonds. The summed E-state index contributed by atoms with van der Waals surface area (Å²) in [7, 11) is -10.8. The van der Waals surface area contributed by atoms with Crippen LogP contribution in [0.3, 0.4) is 0 Å². The first-order chi connectivity index (χ1) is 22.2. The van der Waals surface area contributed by atoms with Crippen molar-refractivity contribution in [1.82, 2.24) is 24.8 Å². The Morgan fingerprint density at radius 2 is 1.94 bits per heavy atom. The number of alkyl halides is 3. The smallest absolute Gasteiger partial charge is 0.369 e. The van der Waals surface area contributed by atoms with Crippen molar-refractivity contribution < 1.29 is 73.9 Å². The first-order valence-corrected chi connectivity index (χ1v) is 20.1. The third kappa shape index (κ3) is 12.4. The second kappa shape index (κ2) is 16.8. The average Bonchev–Trinajstić information content (AvgIpc) is 3.52. The van der Waals surface area contributed by atoms with E-state index in [0.717, 1.165) is 0 Å². The maximum Gasteiger partial charge on any atom is 0.490 e. The maximum atomic E-state index is 12.6. The number of phosphoric acid groups is 3. The largest absolute Gasteiger partial charge is 0.490 e. The number of rotatable bonds is 15. The third-order valence-electron chi connectivity index (χ3n) is 5.57. The zero-order valence-electron chi connectivity index (χ0n) is 24.8. The Kier molecular flexibility index (Phi) is 14.1. The highest BCUT2D eigenvalue weighted by atomic mass is 33.1. The summed E-state index contributed by atoms with van der Waals surface area (Å²) in [5.74, 6) is 3.18. The van der Waals surface area contributed by atoms with Crippen molar-refractivity contribution in [2.45, 2.75) is 31.0 Å². The van der Waals surface area contributed by atoms with Crippen LogP contribution < -0.4 is 5.32 Å². The average molecular weight is 787 g/mol. The van der Waals surface area contributed by atoms with E-state index in [1.54, 1.807) is 30.6 Å². The van der Waals surface area contributed by atoms with Crippen molar-refractivity contribution >= 4 is 74.2 Å². The highest BCUT2D eigenvalue weighted by Gasteiger charge is 2.44. The van der Waals surface area contributed by atoms with Crippen LogP contribution in [0.15, 0.2) is 17.5 Å². The Morgan fingerprint density at radius 3 is 2.56 bits per heavy atom. The van der Waals surface area contributed by atoms with Gasteiger partial charge < -0.3 is 43.8 Å². The van der Waals surface area contributed by atoms with Crippen LogP contribution in [-0.4, -0.2) is 109 Å². The van der Waals surface area contributed by atoms with E-state index in [4.69, 9.17) is 23.8 Å². The molecule has 0 aliphatic carbocycles. The summed E-state index contributed by atoms with van der Waals surface area (Å²) in [6.45, 7) is -1.45. The summed E-state index contributed by atoms with van der Waals surface area (Å²) in [6.07, 6.45) is -2.16. The van der Waals surface area contributed by atoms with Crippen molar-refractivity contribution in [2.24, 2.45) is 4.99 Å². The number of aliphatic imine (C=N–C) groups is 1. The number of aromatic nitrogens is 3. The molecule has 2 aromatic heterocycles. The van der Waals surface area contributed by atoms with E-state index in [1.807, 2.05) is 0 Å². The Labute approximate surface area is 277 Å². The Morgan fingerprint density at radius 1 is 1.23 bits per heavy atom. The molecule has 0 aromatic carbocycles. The number of ether oxygens (including phenoxy) is 2. The monoisotopic (exact) mass is 786 g/mol. The molecule has 0 bridgehead atoms. The van der Waals surface area contributed by atoms with Gasteiger partial charge in [-0.05, 0) is 6.26 Å². The molecule has 1 fully saturated rings. The van der Waals surface area contributed by atoms with E-state index in [9.17, 15) is 41.4 Å². The number of nitrogens with one attached hydrogen (secondary N) is 1. The van der Waals surface area contributed by atoms with E-state index < -0.39 is 67.1 Å². The van der Waals surface area contributed by atoms with E-state index in [0.29, 0.717) is 0 Å². The van der Waals surface area contributed by atoms with Gasteiger partial charge in [-0.3, -0.25) is 9.32 Å². The minimum Gasteiger partial charge on any atom is -0.369 e. The quantitative estimate of drug-likeness (QED) is 0.0331. The lowest BCUT2D eigenvalue weighted by Crippen LogP contribution is -2.36. The van der Waals surface area contributed by atoms with Gasteiger partial charge in [0.25, 0.3) is 0 Å². The number of carbonyl (C=O) groups is 1. The van der Waals surface area contributed by atoms with Crippen LogP contribution >= 0.6 is 45.1 Å². The number of hydrogen-bond donors (Lipinski definition) is 5. The summed E-state index contributed by atoms with van der Waals surface area (Å²) in [4.78, 5) is 62.3. The number of phosphoric ester groups is 1. The second-order valence-electron chi connectivity index (χ2n) is 9.40. The first kappa shape index (κ1) is 40.4. The fraction of sp³-hybridized carbons (Fsp3) is 0.524. The van der Waals surface area contributed by atoms with Gasteiger partial charge in [0.1, 0.15) is 30.2 Å². The highest BCUT2D eigenvalue weighted by Crippen LogP contribution is 2.66. The summed E-state index contributed by atoms with van der Waals surface area (Å²) < 4.78 is 98.3. The lowest BCUT2D eigenvalue weighted by atomic mass is 10.2. The number of amides is 1.